The molecule has 0 unspecified atom stereocenters. The van der Waals surface area contributed by atoms with Gasteiger partial charge in [-0.2, -0.15) is 5.10 Å². The molecule has 3 heterocycles. The summed E-state index contributed by atoms with van der Waals surface area (Å²) >= 11 is 0. The van der Waals surface area contributed by atoms with Crippen molar-refractivity contribution in [3.05, 3.63) is 103 Å². The molecule has 8 rings (SSSR count). The zero-order valence-corrected chi connectivity index (χ0v) is 19.1. The molecular weight excluding hydrogens is 428 g/mol. The van der Waals surface area contributed by atoms with E-state index in [9.17, 15) is 0 Å². The van der Waals surface area contributed by atoms with Gasteiger partial charge in [-0.15, -0.1) is 0 Å². The van der Waals surface area contributed by atoms with Gasteiger partial charge in [0, 0.05) is 43.7 Å². The fourth-order valence-corrected chi connectivity index (χ4v) is 5.81. The monoisotopic (exact) mass is 450 g/mol. The van der Waals surface area contributed by atoms with E-state index < -0.39 is 0 Å². The van der Waals surface area contributed by atoms with Crippen molar-refractivity contribution in [3.8, 4) is 5.69 Å². The second-order valence-electron chi connectivity index (χ2n) is 9.33. The lowest BCUT2D eigenvalue weighted by molar-refractivity contribution is 0.912. The summed E-state index contributed by atoms with van der Waals surface area (Å²) < 4.78 is 4.53. The number of nitrogens with zero attached hydrogens (tertiary/aromatic N) is 3. The second-order valence-corrected chi connectivity index (χ2v) is 9.33. The molecule has 0 spiro atoms. The van der Waals surface area contributed by atoms with Gasteiger partial charge in [-0.1, -0.05) is 48.6 Å². The lowest BCUT2D eigenvalue weighted by atomic mass is 10.1. The predicted octanol–water partition coefficient (Wildman–Crippen LogP) is 7.96. The van der Waals surface area contributed by atoms with Crippen LogP contribution in [0.5, 0.6) is 0 Å². The summed E-state index contributed by atoms with van der Waals surface area (Å²) in [7, 11) is 0. The van der Waals surface area contributed by atoms with Crippen LogP contribution in [-0.4, -0.2) is 19.3 Å². The first-order valence-corrected chi connectivity index (χ1v) is 12.1. The van der Waals surface area contributed by atoms with Crippen LogP contribution in [0.1, 0.15) is 12.8 Å². The zero-order chi connectivity index (χ0) is 22.9. The summed E-state index contributed by atoms with van der Waals surface area (Å²) in [6, 6.07) is 28.2. The normalized spacial score (nSPS) is 14.1. The number of aromatic amines is 1. The van der Waals surface area contributed by atoms with Crippen molar-refractivity contribution in [2.24, 2.45) is 0 Å². The number of hydrogen-bond acceptors (Lipinski definition) is 1. The highest BCUT2D eigenvalue weighted by Crippen LogP contribution is 2.38. The first kappa shape index (κ1) is 18.8. The summed E-state index contributed by atoms with van der Waals surface area (Å²) in [4.78, 5) is 3.53. The molecule has 7 aromatic rings. The van der Waals surface area contributed by atoms with Crippen molar-refractivity contribution in [3.63, 3.8) is 0 Å². The highest BCUT2D eigenvalue weighted by molar-refractivity contribution is 6.19. The Morgan fingerprint density at radius 1 is 0.714 bits per heavy atom. The summed E-state index contributed by atoms with van der Waals surface area (Å²) in [5.41, 5.74) is 8.32. The van der Waals surface area contributed by atoms with Crippen LogP contribution >= 0.6 is 0 Å². The Labute approximate surface area is 201 Å². The van der Waals surface area contributed by atoms with Crippen molar-refractivity contribution in [2.45, 2.75) is 12.8 Å². The molecule has 4 nitrogen and oxygen atoms in total. The van der Waals surface area contributed by atoms with Gasteiger partial charge in [-0.25, -0.2) is 4.68 Å². The summed E-state index contributed by atoms with van der Waals surface area (Å²) in [5.74, 6) is 0. The third kappa shape index (κ3) is 2.59. The minimum atomic E-state index is 1.03. The summed E-state index contributed by atoms with van der Waals surface area (Å²) in [6.45, 7) is 0. The highest BCUT2D eigenvalue weighted by Gasteiger charge is 2.19. The second kappa shape index (κ2) is 6.97. The number of allylic oxidation sites excluding steroid dienone is 4. The van der Waals surface area contributed by atoms with E-state index in [1.165, 1.54) is 43.7 Å². The van der Waals surface area contributed by atoms with Gasteiger partial charge in [0.05, 0.1) is 28.4 Å². The maximum Gasteiger partial charge on any atom is 0.0762 e. The van der Waals surface area contributed by atoms with Crippen LogP contribution in [0, 0.1) is 0 Å². The number of aromatic nitrogens is 4. The van der Waals surface area contributed by atoms with Gasteiger partial charge in [0.25, 0.3) is 0 Å². The SMILES string of the molecule is C1=CCCC(n2c3ccccc3c3ccc4c(cnn4-c4ccc5[nH]c6ccccc6c5c4)c32)=C1. The number of benzene rings is 4. The van der Waals surface area contributed by atoms with Crippen LogP contribution in [0.4, 0.5) is 0 Å². The molecule has 1 N–H and O–H groups in total. The van der Waals surface area contributed by atoms with Crippen LogP contribution < -0.4 is 0 Å². The van der Waals surface area contributed by atoms with E-state index in [-0.39, 0.29) is 0 Å². The van der Waals surface area contributed by atoms with E-state index in [1.807, 2.05) is 6.20 Å². The van der Waals surface area contributed by atoms with E-state index >= 15 is 0 Å². The molecular formula is C31H22N4. The van der Waals surface area contributed by atoms with Gasteiger partial charge in [0.2, 0.25) is 0 Å². The third-order valence-corrected chi connectivity index (χ3v) is 7.40. The molecule has 35 heavy (non-hydrogen) atoms. The van der Waals surface area contributed by atoms with Crippen molar-refractivity contribution in [1.29, 1.82) is 0 Å². The van der Waals surface area contributed by atoms with E-state index in [4.69, 9.17) is 5.10 Å². The van der Waals surface area contributed by atoms with Crippen molar-refractivity contribution < 1.29 is 0 Å². The Morgan fingerprint density at radius 3 is 2.49 bits per heavy atom. The van der Waals surface area contributed by atoms with Crippen LogP contribution in [0.25, 0.3) is 65.9 Å². The third-order valence-electron chi connectivity index (χ3n) is 7.40. The predicted molar refractivity (Wildman–Crippen MR) is 146 cm³/mol. The number of para-hydroxylation sites is 2. The van der Waals surface area contributed by atoms with Gasteiger partial charge in [-0.3, -0.25) is 0 Å². The fourth-order valence-electron chi connectivity index (χ4n) is 5.81. The van der Waals surface area contributed by atoms with Crippen molar-refractivity contribution >= 4 is 60.2 Å². The number of H-pyrrole nitrogens is 1. The summed E-state index contributed by atoms with van der Waals surface area (Å²) in [5, 5.41) is 11.1. The first-order valence-electron chi connectivity index (χ1n) is 12.1. The number of rotatable bonds is 2. The van der Waals surface area contributed by atoms with E-state index in [0.717, 1.165) is 35.1 Å². The molecule has 3 aromatic heterocycles. The molecule has 1 aliphatic rings. The molecule has 4 heteroatoms. The first-order chi connectivity index (χ1) is 17.4. The molecule has 1 aliphatic carbocycles. The van der Waals surface area contributed by atoms with E-state index in [1.54, 1.807) is 0 Å². The number of nitrogens with one attached hydrogen (secondary N) is 1. The van der Waals surface area contributed by atoms with Gasteiger partial charge in [-0.05, 0) is 61.4 Å². The quantitative estimate of drug-likeness (QED) is 0.285. The lowest BCUT2D eigenvalue weighted by Crippen LogP contribution is -1.99. The van der Waals surface area contributed by atoms with Crippen molar-refractivity contribution in [1.82, 2.24) is 19.3 Å². The Kier molecular flexibility index (Phi) is 3.74. The van der Waals surface area contributed by atoms with Gasteiger partial charge in [0.15, 0.2) is 0 Å². The molecule has 0 radical (unpaired) electrons. The van der Waals surface area contributed by atoms with Gasteiger partial charge >= 0.3 is 0 Å². The van der Waals surface area contributed by atoms with E-state index in [0.29, 0.717) is 0 Å². The summed E-state index contributed by atoms with van der Waals surface area (Å²) in [6.07, 6.45) is 10.8. The van der Waals surface area contributed by atoms with Crippen molar-refractivity contribution in [2.75, 3.05) is 0 Å². The Bertz CT molecular complexity index is 2010. The largest absolute Gasteiger partial charge is 0.355 e. The molecule has 0 aliphatic heterocycles. The fraction of sp³-hybridized carbons (Fsp3) is 0.0645. The maximum absolute atomic E-state index is 4.90. The molecule has 0 amide bonds. The van der Waals surface area contributed by atoms with Crippen LogP contribution in [0.3, 0.4) is 0 Å². The number of fused-ring (bicyclic) bond motifs is 8. The minimum Gasteiger partial charge on any atom is -0.355 e. The van der Waals surface area contributed by atoms with Crippen LogP contribution in [0.2, 0.25) is 0 Å². The average Bonchev–Trinajstić information content (AvgIpc) is 3.60. The Morgan fingerprint density at radius 2 is 1.57 bits per heavy atom. The van der Waals surface area contributed by atoms with Crippen LogP contribution in [0.15, 0.2) is 103 Å². The molecule has 0 saturated heterocycles. The molecule has 0 atom stereocenters. The Hall–Kier alpha value is -4.57. The Balaban J connectivity index is 1.43. The molecule has 166 valence electrons. The molecule has 0 bridgehead atoms. The van der Waals surface area contributed by atoms with E-state index in [2.05, 4.69) is 111 Å². The molecule has 0 saturated carbocycles. The lowest BCUT2D eigenvalue weighted by Gasteiger charge is -2.14. The minimum absolute atomic E-state index is 1.03. The molecule has 4 aromatic carbocycles. The zero-order valence-electron chi connectivity index (χ0n) is 19.1. The van der Waals surface area contributed by atoms with Gasteiger partial charge < -0.3 is 9.55 Å². The smallest absolute Gasteiger partial charge is 0.0762 e. The van der Waals surface area contributed by atoms with Gasteiger partial charge in [0.1, 0.15) is 0 Å². The topological polar surface area (TPSA) is 38.5 Å². The highest BCUT2D eigenvalue weighted by atomic mass is 15.3. The standard InChI is InChI=1S/C31H22N4/c1-2-8-20(9-3-1)34-29-13-7-5-11-23(29)24-15-17-30-26(31(24)34)19-32-35(30)21-14-16-28-25(18-21)22-10-4-6-12-27(22)33-28/h1-2,4-8,10-19,33H,3,9H2. The average molecular weight is 451 g/mol. The number of hydrogen-bond donors (Lipinski definition) is 1. The molecule has 0 fully saturated rings. The van der Waals surface area contributed by atoms with Crippen LogP contribution in [-0.2, 0) is 0 Å². The maximum atomic E-state index is 4.90.